The number of hydrogen-bond donors (Lipinski definition) is 1. The summed E-state index contributed by atoms with van der Waals surface area (Å²) in [5, 5.41) is 3.18. The molecule has 0 saturated heterocycles. The Balaban J connectivity index is 2.48. The summed E-state index contributed by atoms with van der Waals surface area (Å²) >= 11 is 3.32. The number of carbonyl (C=O) groups excluding carboxylic acids is 1. The van der Waals surface area contributed by atoms with Crippen molar-refractivity contribution in [3.63, 3.8) is 0 Å². The third-order valence-electron chi connectivity index (χ3n) is 2.01. The zero-order valence-electron chi connectivity index (χ0n) is 7.01. The van der Waals surface area contributed by atoms with E-state index < -0.39 is 0 Å². The van der Waals surface area contributed by atoms with Gasteiger partial charge in [-0.15, -0.1) is 0 Å². The monoisotopic (exact) mass is 240 g/mol. The first-order valence-electron chi connectivity index (χ1n) is 4.20. The Bertz CT molecular complexity index is 351. The molecule has 2 rings (SSSR count). The van der Waals surface area contributed by atoms with Crippen LogP contribution in [0.15, 0.2) is 16.7 Å². The van der Waals surface area contributed by atoms with Crippen LogP contribution in [0, 0.1) is 0 Å². The first kappa shape index (κ1) is 8.69. The van der Waals surface area contributed by atoms with E-state index in [2.05, 4.69) is 26.2 Å². The van der Waals surface area contributed by atoms with Crippen molar-refractivity contribution in [1.29, 1.82) is 0 Å². The summed E-state index contributed by atoms with van der Waals surface area (Å²) in [6, 6.07) is 1.89. The van der Waals surface area contributed by atoms with Crippen molar-refractivity contribution < 1.29 is 4.79 Å². The van der Waals surface area contributed by atoms with Gasteiger partial charge in [0.15, 0.2) is 5.78 Å². The Labute approximate surface area is 84.7 Å². The number of rotatable bonds is 0. The van der Waals surface area contributed by atoms with Crippen LogP contribution < -0.4 is 5.32 Å². The lowest BCUT2D eigenvalue weighted by molar-refractivity contribution is 0.0979. The third-order valence-corrected chi connectivity index (χ3v) is 2.45. The summed E-state index contributed by atoms with van der Waals surface area (Å²) < 4.78 is 0.897. The van der Waals surface area contributed by atoms with Gasteiger partial charge in [0.05, 0.1) is 5.69 Å². The smallest absolute Gasteiger partial charge is 0.183 e. The van der Waals surface area contributed by atoms with E-state index in [4.69, 9.17) is 0 Å². The van der Waals surface area contributed by atoms with Crippen LogP contribution in [0.1, 0.15) is 23.3 Å². The molecule has 0 atom stereocenters. The van der Waals surface area contributed by atoms with Crippen molar-refractivity contribution in [2.75, 3.05) is 11.9 Å². The number of ketones is 1. The molecular formula is C9H9BrN2O. The van der Waals surface area contributed by atoms with E-state index >= 15 is 0 Å². The molecule has 0 aliphatic carbocycles. The number of carbonyl (C=O) groups is 1. The van der Waals surface area contributed by atoms with Gasteiger partial charge in [-0.05, 0) is 28.4 Å². The minimum atomic E-state index is 0.132. The highest BCUT2D eigenvalue weighted by atomic mass is 79.9. The van der Waals surface area contributed by atoms with Crippen LogP contribution in [0.3, 0.4) is 0 Å². The van der Waals surface area contributed by atoms with Crippen molar-refractivity contribution in [2.45, 2.75) is 12.8 Å². The van der Waals surface area contributed by atoms with Gasteiger partial charge in [0.25, 0.3) is 0 Å². The van der Waals surface area contributed by atoms with Gasteiger partial charge >= 0.3 is 0 Å². The molecule has 0 bridgehead atoms. The van der Waals surface area contributed by atoms with E-state index in [0.717, 1.165) is 23.1 Å². The molecule has 1 aromatic rings. The van der Waals surface area contributed by atoms with Gasteiger partial charge in [-0.3, -0.25) is 4.79 Å². The SMILES string of the molecule is O=C1CCCNc2cc(Br)cnc21. The average Bonchev–Trinajstić information content (AvgIpc) is 2.28. The highest BCUT2D eigenvalue weighted by molar-refractivity contribution is 9.10. The second-order valence-electron chi connectivity index (χ2n) is 3.00. The number of Topliss-reactive ketones (excluding diaryl/α,β-unsaturated/α-hetero) is 1. The molecule has 1 aliphatic rings. The van der Waals surface area contributed by atoms with Gasteiger partial charge in [0.1, 0.15) is 5.69 Å². The lowest BCUT2D eigenvalue weighted by Gasteiger charge is -2.04. The highest BCUT2D eigenvalue weighted by Gasteiger charge is 2.16. The van der Waals surface area contributed by atoms with Crippen molar-refractivity contribution in [1.82, 2.24) is 4.98 Å². The molecule has 0 saturated carbocycles. The maximum Gasteiger partial charge on any atom is 0.183 e. The number of fused-ring (bicyclic) bond motifs is 1. The van der Waals surface area contributed by atoms with Crippen LogP contribution in [-0.4, -0.2) is 17.3 Å². The second-order valence-corrected chi connectivity index (χ2v) is 3.92. The predicted molar refractivity (Wildman–Crippen MR) is 54.0 cm³/mol. The van der Waals surface area contributed by atoms with E-state index in [1.54, 1.807) is 6.20 Å². The maximum absolute atomic E-state index is 11.5. The number of nitrogens with one attached hydrogen (secondary N) is 1. The van der Waals surface area contributed by atoms with Gasteiger partial charge in [0.2, 0.25) is 0 Å². The second kappa shape index (κ2) is 3.46. The van der Waals surface area contributed by atoms with E-state index in [-0.39, 0.29) is 5.78 Å². The minimum Gasteiger partial charge on any atom is -0.383 e. The molecule has 3 nitrogen and oxygen atoms in total. The van der Waals surface area contributed by atoms with Crippen LogP contribution in [0.4, 0.5) is 5.69 Å². The summed E-state index contributed by atoms with van der Waals surface area (Å²) in [5.74, 6) is 0.132. The molecule has 68 valence electrons. The largest absolute Gasteiger partial charge is 0.383 e. The number of nitrogens with zero attached hydrogens (tertiary/aromatic N) is 1. The van der Waals surface area contributed by atoms with Crippen LogP contribution in [-0.2, 0) is 0 Å². The standard InChI is InChI=1S/C9H9BrN2O/c10-6-4-7-9(12-5-6)8(13)2-1-3-11-7/h4-5,11H,1-3H2. The number of hydrogen-bond acceptors (Lipinski definition) is 3. The number of halogens is 1. The molecule has 0 radical (unpaired) electrons. The van der Waals surface area contributed by atoms with Crippen molar-refractivity contribution in [2.24, 2.45) is 0 Å². The van der Waals surface area contributed by atoms with Crippen LogP contribution in [0.5, 0.6) is 0 Å². The highest BCUT2D eigenvalue weighted by Crippen LogP contribution is 2.22. The minimum absolute atomic E-state index is 0.132. The first-order valence-corrected chi connectivity index (χ1v) is 4.99. The molecule has 13 heavy (non-hydrogen) atoms. The van der Waals surface area contributed by atoms with E-state index in [0.29, 0.717) is 12.1 Å². The lowest BCUT2D eigenvalue weighted by atomic mass is 10.1. The van der Waals surface area contributed by atoms with E-state index in [1.807, 2.05) is 6.07 Å². The summed E-state index contributed by atoms with van der Waals surface area (Å²) in [7, 11) is 0. The Kier molecular flexibility index (Phi) is 2.31. The van der Waals surface area contributed by atoms with Gasteiger partial charge in [-0.2, -0.15) is 0 Å². The summed E-state index contributed by atoms with van der Waals surface area (Å²) in [6.45, 7) is 0.844. The molecule has 1 aliphatic heterocycles. The van der Waals surface area contributed by atoms with Crippen molar-refractivity contribution in [3.05, 3.63) is 22.4 Å². The van der Waals surface area contributed by atoms with Crippen LogP contribution in [0.2, 0.25) is 0 Å². The van der Waals surface area contributed by atoms with Gasteiger partial charge < -0.3 is 5.32 Å². The fraction of sp³-hybridized carbons (Fsp3) is 0.333. The number of anilines is 1. The summed E-state index contributed by atoms with van der Waals surface area (Å²) in [5.41, 5.74) is 1.41. The Morgan fingerprint density at radius 1 is 1.54 bits per heavy atom. The average molecular weight is 241 g/mol. The molecule has 0 aromatic carbocycles. The molecule has 4 heteroatoms. The Hall–Kier alpha value is -0.900. The zero-order chi connectivity index (χ0) is 9.26. The topological polar surface area (TPSA) is 42.0 Å². The fourth-order valence-corrected chi connectivity index (χ4v) is 1.72. The van der Waals surface area contributed by atoms with Crippen LogP contribution in [0.25, 0.3) is 0 Å². The van der Waals surface area contributed by atoms with Gasteiger partial charge in [-0.1, -0.05) is 0 Å². The molecule has 0 unspecified atom stereocenters. The van der Waals surface area contributed by atoms with Gasteiger partial charge in [0, 0.05) is 23.6 Å². The van der Waals surface area contributed by atoms with Crippen molar-refractivity contribution in [3.8, 4) is 0 Å². The van der Waals surface area contributed by atoms with Crippen LogP contribution >= 0.6 is 15.9 Å². The first-order chi connectivity index (χ1) is 6.27. The predicted octanol–water partition coefficient (Wildman–Crippen LogP) is 2.23. The maximum atomic E-state index is 11.5. The third kappa shape index (κ3) is 1.72. The molecular weight excluding hydrogens is 232 g/mol. The molecule has 0 amide bonds. The van der Waals surface area contributed by atoms with E-state index in [9.17, 15) is 4.79 Å². The van der Waals surface area contributed by atoms with Gasteiger partial charge in [-0.25, -0.2) is 4.98 Å². The fourth-order valence-electron chi connectivity index (χ4n) is 1.39. The summed E-state index contributed by atoms with van der Waals surface area (Å²) in [4.78, 5) is 15.6. The quantitative estimate of drug-likeness (QED) is 0.757. The molecule has 2 heterocycles. The Morgan fingerprint density at radius 2 is 2.38 bits per heavy atom. The lowest BCUT2D eigenvalue weighted by Crippen LogP contribution is -2.02. The number of pyridine rings is 1. The number of aromatic nitrogens is 1. The summed E-state index contributed by atoms with van der Waals surface area (Å²) in [6.07, 6.45) is 3.13. The Morgan fingerprint density at radius 3 is 3.23 bits per heavy atom. The molecule has 0 fully saturated rings. The van der Waals surface area contributed by atoms with E-state index in [1.165, 1.54) is 0 Å². The normalized spacial score (nSPS) is 15.9. The zero-order valence-corrected chi connectivity index (χ0v) is 8.60. The molecule has 1 aromatic heterocycles. The van der Waals surface area contributed by atoms with Crippen molar-refractivity contribution >= 4 is 27.4 Å². The molecule has 1 N–H and O–H groups in total. The molecule has 0 spiro atoms.